The van der Waals surface area contributed by atoms with Gasteiger partial charge in [0.05, 0.1) is 23.6 Å². The number of carboxylic acids is 1. The van der Waals surface area contributed by atoms with Crippen molar-refractivity contribution in [2.45, 2.75) is 32.4 Å². The first kappa shape index (κ1) is 15.2. The van der Waals surface area contributed by atoms with E-state index in [1.165, 1.54) is 18.5 Å². The van der Waals surface area contributed by atoms with E-state index in [0.717, 1.165) is 6.42 Å². The Morgan fingerprint density at radius 1 is 1.43 bits per heavy atom. The van der Waals surface area contributed by atoms with Crippen molar-refractivity contribution in [2.75, 3.05) is 12.4 Å². The number of carboxylic acid groups (broad SMARTS) is 1. The Morgan fingerprint density at radius 2 is 2.14 bits per heavy atom. The third-order valence-electron chi connectivity index (χ3n) is 4.01. The van der Waals surface area contributed by atoms with Gasteiger partial charge in [-0.2, -0.15) is 0 Å². The summed E-state index contributed by atoms with van der Waals surface area (Å²) in [4.78, 5) is 26.6. The highest BCUT2D eigenvalue weighted by atomic mass is 16.5. The predicted octanol–water partition coefficient (Wildman–Crippen LogP) is 1.71. The van der Waals surface area contributed by atoms with E-state index in [9.17, 15) is 9.59 Å². The lowest BCUT2D eigenvalue weighted by Gasteiger charge is -2.51. The largest absolute Gasteiger partial charge is 0.478 e. The van der Waals surface area contributed by atoms with Crippen LogP contribution in [0.5, 0.6) is 0 Å². The van der Waals surface area contributed by atoms with Gasteiger partial charge in [0.25, 0.3) is 0 Å². The fraction of sp³-hybridized carbons (Fsp3) is 0.500. The van der Waals surface area contributed by atoms with Crippen LogP contribution in [0.25, 0.3) is 0 Å². The first-order chi connectivity index (χ1) is 9.84. The Bertz CT molecular complexity index is 559. The maximum Gasteiger partial charge on any atom is 0.337 e. The number of pyridine rings is 1. The number of amides is 2. The molecule has 1 heterocycles. The van der Waals surface area contributed by atoms with Crippen LogP contribution in [0.1, 0.15) is 30.6 Å². The van der Waals surface area contributed by atoms with Crippen molar-refractivity contribution < 1.29 is 19.4 Å². The summed E-state index contributed by atoms with van der Waals surface area (Å²) in [6.07, 6.45) is 3.50. The number of carbonyl (C=O) groups excluding carboxylic acids is 1. The Kier molecular flexibility index (Phi) is 4.13. The SMILES string of the molecule is COC1CC(NC(=O)Nc2cncc(C(=O)O)c2)C1(C)C. The molecule has 3 N–H and O–H groups in total. The van der Waals surface area contributed by atoms with Gasteiger partial charge < -0.3 is 20.5 Å². The van der Waals surface area contributed by atoms with Gasteiger partial charge in [-0.15, -0.1) is 0 Å². The van der Waals surface area contributed by atoms with Crippen LogP contribution in [0.4, 0.5) is 10.5 Å². The van der Waals surface area contributed by atoms with Crippen LogP contribution in [0.2, 0.25) is 0 Å². The summed E-state index contributed by atoms with van der Waals surface area (Å²) < 4.78 is 5.33. The van der Waals surface area contributed by atoms with E-state index in [1.54, 1.807) is 7.11 Å². The average Bonchev–Trinajstić information content (AvgIpc) is 2.43. The maximum absolute atomic E-state index is 11.9. The van der Waals surface area contributed by atoms with E-state index in [1.807, 2.05) is 13.8 Å². The van der Waals surface area contributed by atoms with E-state index < -0.39 is 5.97 Å². The van der Waals surface area contributed by atoms with Crippen LogP contribution in [-0.2, 0) is 4.74 Å². The molecule has 0 bridgehead atoms. The van der Waals surface area contributed by atoms with Crippen molar-refractivity contribution in [3.8, 4) is 0 Å². The van der Waals surface area contributed by atoms with Crippen LogP contribution in [0.15, 0.2) is 18.5 Å². The zero-order valence-corrected chi connectivity index (χ0v) is 12.2. The average molecular weight is 293 g/mol. The van der Waals surface area contributed by atoms with Crippen molar-refractivity contribution >= 4 is 17.7 Å². The molecule has 1 fully saturated rings. The van der Waals surface area contributed by atoms with Gasteiger partial charge in [0.1, 0.15) is 0 Å². The zero-order chi connectivity index (χ0) is 15.6. The Balaban J connectivity index is 1.94. The van der Waals surface area contributed by atoms with E-state index >= 15 is 0 Å². The molecule has 1 aromatic heterocycles. The molecule has 1 aromatic rings. The second kappa shape index (κ2) is 5.69. The molecular weight excluding hydrogens is 274 g/mol. The molecule has 7 heteroatoms. The molecule has 0 saturated heterocycles. The van der Waals surface area contributed by atoms with Gasteiger partial charge in [-0.3, -0.25) is 4.98 Å². The second-order valence-electron chi connectivity index (χ2n) is 5.70. The summed E-state index contributed by atoms with van der Waals surface area (Å²) >= 11 is 0. The van der Waals surface area contributed by atoms with Gasteiger partial charge in [-0.1, -0.05) is 13.8 Å². The van der Waals surface area contributed by atoms with E-state index in [-0.39, 0.29) is 29.2 Å². The molecule has 0 radical (unpaired) electrons. The maximum atomic E-state index is 11.9. The number of ether oxygens (including phenoxy) is 1. The Morgan fingerprint density at radius 3 is 2.71 bits per heavy atom. The molecule has 7 nitrogen and oxygen atoms in total. The standard InChI is InChI=1S/C14H19N3O4/c1-14(2)10(5-11(14)21-3)17-13(20)16-9-4-8(12(18)19)6-15-7-9/h4,6-7,10-11H,5H2,1-3H3,(H,18,19)(H2,16,17,20). The van der Waals surface area contributed by atoms with E-state index in [2.05, 4.69) is 15.6 Å². The first-order valence-electron chi connectivity index (χ1n) is 6.63. The van der Waals surface area contributed by atoms with Crippen molar-refractivity contribution in [1.82, 2.24) is 10.3 Å². The number of hydrogen-bond acceptors (Lipinski definition) is 4. The minimum absolute atomic E-state index is 0.0121. The normalized spacial score (nSPS) is 23.0. The molecule has 21 heavy (non-hydrogen) atoms. The number of nitrogens with one attached hydrogen (secondary N) is 2. The first-order valence-corrected chi connectivity index (χ1v) is 6.63. The summed E-state index contributed by atoms with van der Waals surface area (Å²) in [6, 6.07) is 0.990. The number of methoxy groups -OCH3 is 1. The number of carbonyl (C=O) groups is 2. The fourth-order valence-corrected chi connectivity index (χ4v) is 2.48. The zero-order valence-electron chi connectivity index (χ0n) is 12.2. The van der Waals surface area contributed by atoms with Crippen LogP contribution in [0.3, 0.4) is 0 Å². The van der Waals surface area contributed by atoms with Gasteiger partial charge in [0, 0.05) is 24.8 Å². The number of hydrogen-bond donors (Lipinski definition) is 3. The van der Waals surface area contributed by atoms with Gasteiger partial charge in [-0.25, -0.2) is 9.59 Å². The highest BCUT2D eigenvalue weighted by Gasteiger charge is 2.49. The van der Waals surface area contributed by atoms with Crippen LogP contribution < -0.4 is 10.6 Å². The molecule has 2 unspecified atom stereocenters. The molecule has 1 aliphatic rings. The number of rotatable bonds is 4. The topological polar surface area (TPSA) is 101 Å². The Hall–Kier alpha value is -2.15. The number of aromatic nitrogens is 1. The Labute approximate surface area is 122 Å². The lowest BCUT2D eigenvalue weighted by Crippen LogP contribution is -2.62. The highest BCUT2D eigenvalue weighted by Crippen LogP contribution is 2.42. The van der Waals surface area contributed by atoms with Crippen molar-refractivity contribution in [1.29, 1.82) is 0 Å². The molecule has 2 atom stereocenters. The van der Waals surface area contributed by atoms with Crippen molar-refractivity contribution in [3.05, 3.63) is 24.0 Å². The molecule has 1 aliphatic carbocycles. The minimum atomic E-state index is -1.09. The number of nitrogens with zero attached hydrogens (tertiary/aromatic N) is 1. The number of aromatic carboxylic acids is 1. The van der Waals surface area contributed by atoms with Gasteiger partial charge in [0.2, 0.25) is 0 Å². The van der Waals surface area contributed by atoms with Gasteiger partial charge in [0.15, 0.2) is 0 Å². The van der Waals surface area contributed by atoms with Crippen molar-refractivity contribution in [3.63, 3.8) is 0 Å². The summed E-state index contributed by atoms with van der Waals surface area (Å²) in [5.74, 6) is -1.09. The summed E-state index contributed by atoms with van der Waals surface area (Å²) in [7, 11) is 1.66. The number of urea groups is 1. The summed E-state index contributed by atoms with van der Waals surface area (Å²) in [5.41, 5.74) is 0.233. The van der Waals surface area contributed by atoms with Crippen LogP contribution in [0, 0.1) is 5.41 Å². The molecule has 1 saturated carbocycles. The molecule has 0 aromatic carbocycles. The smallest absolute Gasteiger partial charge is 0.337 e. The lowest BCUT2D eigenvalue weighted by atomic mass is 9.64. The van der Waals surface area contributed by atoms with E-state index in [0.29, 0.717) is 5.69 Å². The van der Waals surface area contributed by atoms with Crippen LogP contribution in [-0.4, -0.2) is 41.3 Å². The monoisotopic (exact) mass is 293 g/mol. The predicted molar refractivity (Wildman–Crippen MR) is 76.3 cm³/mol. The molecule has 0 spiro atoms. The van der Waals surface area contributed by atoms with Gasteiger partial charge >= 0.3 is 12.0 Å². The molecule has 2 rings (SSSR count). The third kappa shape index (κ3) is 3.13. The lowest BCUT2D eigenvalue weighted by molar-refractivity contribution is -0.0931. The van der Waals surface area contributed by atoms with Crippen LogP contribution >= 0.6 is 0 Å². The van der Waals surface area contributed by atoms with E-state index in [4.69, 9.17) is 9.84 Å². The molecule has 114 valence electrons. The van der Waals surface area contributed by atoms with Gasteiger partial charge in [-0.05, 0) is 12.5 Å². The van der Waals surface area contributed by atoms with Crippen molar-refractivity contribution in [2.24, 2.45) is 5.41 Å². The number of anilines is 1. The highest BCUT2D eigenvalue weighted by molar-refractivity contribution is 5.92. The minimum Gasteiger partial charge on any atom is -0.478 e. The fourth-order valence-electron chi connectivity index (χ4n) is 2.48. The molecule has 0 aliphatic heterocycles. The summed E-state index contributed by atoms with van der Waals surface area (Å²) in [5, 5.41) is 14.3. The quantitative estimate of drug-likeness (QED) is 0.784. The summed E-state index contributed by atoms with van der Waals surface area (Å²) in [6.45, 7) is 4.06. The molecule has 2 amide bonds. The second-order valence-corrected chi connectivity index (χ2v) is 5.70. The molecular formula is C14H19N3O4. The third-order valence-corrected chi connectivity index (χ3v) is 4.01.